The fraction of sp³-hybridized carbons (Fsp3) is 0.600. The van der Waals surface area contributed by atoms with Crippen molar-refractivity contribution in [1.29, 1.82) is 0 Å². The minimum atomic E-state index is -0.605. The van der Waals surface area contributed by atoms with Crippen molar-refractivity contribution in [2.75, 3.05) is 13.2 Å². The average Bonchev–Trinajstić information content (AvgIpc) is 2.63. The maximum atomic E-state index is 12.8. The van der Waals surface area contributed by atoms with Crippen LogP contribution in [0.2, 0.25) is 0 Å². The molecule has 7 heteroatoms. The first-order valence-corrected chi connectivity index (χ1v) is 9.50. The molecule has 0 aliphatic heterocycles. The number of nitro groups is 1. The van der Waals surface area contributed by atoms with Crippen molar-refractivity contribution < 1.29 is 24.0 Å². The van der Waals surface area contributed by atoms with Crippen LogP contribution in [0.25, 0.3) is 0 Å². The summed E-state index contributed by atoms with van der Waals surface area (Å²) in [5.41, 5.74) is -0.320. The SMILES string of the molecule is O=C(COc1ccc([N+](=O)[O-])cc1)OCC(=O)C12CC3CC(CC(C3)C1)C2. The van der Waals surface area contributed by atoms with E-state index in [1.54, 1.807) is 0 Å². The predicted molar refractivity (Wildman–Crippen MR) is 95.2 cm³/mol. The molecule has 0 aromatic heterocycles. The van der Waals surface area contributed by atoms with Gasteiger partial charge in [0.05, 0.1) is 4.92 Å². The molecule has 4 aliphatic carbocycles. The third-order valence-electron chi connectivity index (χ3n) is 6.40. The highest BCUT2D eigenvalue weighted by Crippen LogP contribution is 2.60. The van der Waals surface area contributed by atoms with E-state index in [0.717, 1.165) is 19.3 Å². The van der Waals surface area contributed by atoms with Gasteiger partial charge < -0.3 is 9.47 Å². The number of hydrogen-bond donors (Lipinski definition) is 0. The molecule has 0 saturated heterocycles. The highest BCUT2D eigenvalue weighted by Gasteiger charge is 2.54. The van der Waals surface area contributed by atoms with Crippen LogP contribution < -0.4 is 4.74 Å². The Hall–Kier alpha value is -2.44. The topological polar surface area (TPSA) is 95.7 Å². The zero-order valence-corrected chi connectivity index (χ0v) is 15.1. The van der Waals surface area contributed by atoms with E-state index in [2.05, 4.69) is 0 Å². The van der Waals surface area contributed by atoms with Gasteiger partial charge in [-0.25, -0.2) is 4.79 Å². The monoisotopic (exact) mass is 373 g/mol. The van der Waals surface area contributed by atoms with Gasteiger partial charge in [-0.05, 0) is 68.4 Å². The zero-order chi connectivity index (χ0) is 19.0. The average molecular weight is 373 g/mol. The van der Waals surface area contributed by atoms with Crippen molar-refractivity contribution >= 4 is 17.4 Å². The van der Waals surface area contributed by atoms with Crippen LogP contribution in [0.15, 0.2) is 24.3 Å². The molecule has 144 valence electrons. The maximum Gasteiger partial charge on any atom is 0.344 e. The summed E-state index contributed by atoms with van der Waals surface area (Å²) in [4.78, 5) is 34.8. The van der Waals surface area contributed by atoms with Crippen molar-refractivity contribution in [2.45, 2.75) is 38.5 Å². The van der Waals surface area contributed by atoms with Crippen molar-refractivity contribution in [1.82, 2.24) is 0 Å². The summed E-state index contributed by atoms with van der Waals surface area (Å²) in [6.07, 6.45) is 6.64. The lowest BCUT2D eigenvalue weighted by molar-refractivity contribution is -0.384. The third kappa shape index (κ3) is 3.68. The van der Waals surface area contributed by atoms with Gasteiger partial charge in [0, 0.05) is 17.5 Å². The van der Waals surface area contributed by atoms with E-state index in [1.165, 1.54) is 43.5 Å². The normalized spacial score (nSPS) is 30.7. The fourth-order valence-electron chi connectivity index (χ4n) is 5.60. The molecule has 0 heterocycles. The highest BCUT2D eigenvalue weighted by atomic mass is 16.6. The van der Waals surface area contributed by atoms with Gasteiger partial charge in [-0.2, -0.15) is 0 Å². The third-order valence-corrected chi connectivity index (χ3v) is 6.40. The Labute approximate surface area is 157 Å². The Morgan fingerprint density at radius 1 is 1.00 bits per heavy atom. The van der Waals surface area contributed by atoms with E-state index in [0.29, 0.717) is 23.5 Å². The van der Waals surface area contributed by atoms with Crippen LogP contribution in [-0.2, 0) is 14.3 Å². The second-order valence-corrected chi connectivity index (χ2v) is 8.32. The molecule has 0 radical (unpaired) electrons. The summed E-state index contributed by atoms with van der Waals surface area (Å²) in [7, 11) is 0. The minimum Gasteiger partial charge on any atom is -0.482 e. The van der Waals surface area contributed by atoms with Gasteiger partial charge in [0.2, 0.25) is 0 Å². The van der Waals surface area contributed by atoms with E-state index in [-0.39, 0.29) is 30.1 Å². The highest BCUT2D eigenvalue weighted by molar-refractivity contribution is 5.88. The molecule has 0 atom stereocenters. The summed E-state index contributed by atoms with van der Waals surface area (Å²) in [5, 5.41) is 10.6. The molecule has 27 heavy (non-hydrogen) atoms. The standard InChI is InChI=1S/C20H23NO6/c22-18(20-8-13-5-14(9-20)7-15(6-13)10-20)11-27-19(23)12-26-17-3-1-16(2-4-17)21(24)25/h1-4,13-15H,5-12H2. The van der Waals surface area contributed by atoms with Gasteiger partial charge in [-0.1, -0.05) is 0 Å². The van der Waals surface area contributed by atoms with E-state index < -0.39 is 10.9 Å². The molecule has 7 nitrogen and oxygen atoms in total. The molecule has 0 unspecified atom stereocenters. The zero-order valence-electron chi connectivity index (χ0n) is 15.1. The molecule has 4 aliphatic rings. The van der Waals surface area contributed by atoms with Crippen molar-refractivity contribution in [3.05, 3.63) is 34.4 Å². The van der Waals surface area contributed by atoms with Crippen LogP contribution in [0.4, 0.5) is 5.69 Å². The Kier molecular flexibility index (Phi) is 4.61. The van der Waals surface area contributed by atoms with E-state index in [9.17, 15) is 19.7 Å². The van der Waals surface area contributed by atoms with Gasteiger partial charge >= 0.3 is 5.97 Å². The smallest absolute Gasteiger partial charge is 0.344 e. The number of carbonyl (C=O) groups is 2. The lowest BCUT2D eigenvalue weighted by atomic mass is 9.48. The molecule has 1 aromatic rings. The van der Waals surface area contributed by atoms with Gasteiger partial charge in [0.25, 0.3) is 5.69 Å². The molecule has 5 rings (SSSR count). The number of hydrogen-bond acceptors (Lipinski definition) is 6. The number of ketones is 1. The second-order valence-electron chi connectivity index (χ2n) is 8.32. The number of ether oxygens (including phenoxy) is 2. The van der Waals surface area contributed by atoms with Crippen LogP contribution in [0, 0.1) is 33.3 Å². The Bertz CT molecular complexity index is 721. The van der Waals surface area contributed by atoms with Gasteiger partial charge in [0.1, 0.15) is 5.75 Å². The number of esters is 1. The van der Waals surface area contributed by atoms with Crippen LogP contribution >= 0.6 is 0 Å². The van der Waals surface area contributed by atoms with Crippen LogP contribution in [-0.4, -0.2) is 29.9 Å². The number of benzene rings is 1. The van der Waals surface area contributed by atoms with Gasteiger partial charge in [-0.3, -0.25) is 14.9 Å². The molecule has 0 spiro atoms. The molecule has 4 fully saturated rings. The van der Waals surface area contributed by atoms with Gasteiger partial charge in [0.15, 0.2) is 19.0 Å². The predicted octanol–water partition coefficient (Wildman–Crippen LogP) is 3.30. The molecule has 1 aromatic carbocycles. The first-order valence-electron chi connectivity index (χ1n) is 9.50. The van der Waals surface area contributed by atoms with Crippen molar-refractivity contribution in [3.8, 4) is 5.75 Å². The summed E-state index contributed by atoms with van der Waals surface area (Å²) in [6.45, 7) is -0.513. The van der Waals surface area contributed by atoms with E-state index >= 15 is 0 Å². The molecule has 0 amide bonds. The molecular weight excluding hydrogens is 350 g/mol. The van der Waals surface area contributed by atoms with Gasteiger partial charge in [-0.15, -0.1) is 0 Å². The van der Waals surface area contributed by atoms with Crippen molar-refractivity contribution in [2.24, 2.45) is 23.2 Å². The summed E-state index contributed by atoms with van der Waals surface area (Å²) < 4.78 is 10.4. The number of rotatable bonds is 7. The Morgan fingerprint density at radius 2 is 1.56 bits per heavy atom. The minimum absolute atomic E-state index is 0.0499. The summed E-state index contributed by atoms with van der Waals surface area (Å²) in [5.74, 6) is 1.80. The summed E-state index contributed by atoms with van der Waals surface area (Å²) >= 11 is 0. The largest absolute Gasteiger partial charge is 0.482 e. The number of non-ortho nitro benzene ring substituents is 1. The maximum absolute atomic E-state index is 12.8. The molecule has 4 saturated carbocycles. The number of Topliss-reactive ketones (excluding diaryl/α,β-unsaturated/α-hetero) is 1. The molecule has 4 bridgehead atoms. The van der Waals surface area contributed by atoms with Crippen LogP contribution in [0.5, 0.6) is 5.75 Å². The second kappa shape index (κ2) is 6.94. The quantitative estimate of drug-likeness (QED) is 0.413. The van der Waals surface area contributed by atoms with Crippen LogP contribution in [0.3, 0.4) is 0 Å². The molecule has 0 N–H and O–H groups in total. The lowest BCUT2D eigenvalue weighted by Gasteiger charge is -2.55. The fourth-order valence-corrected chi connectivity index (χ4v) is 5.60. The number of nitro benzene ring substituents is 1. The number of nitrogens with zero attached hydrogens (tertiary/aromatic N) is 1. The number of carbonyl (C=O) groups excluding carboxylic acids is 2. The first kappa shape index (κ1) is 17.9. The van der Waals surface area contributed by atoms with Crippen molar-refractivity contribution in [3.63, 3.8) is 0 Å². The van der Waals surface area contributed by atoms with Crippen LogP contribution in [0.1, 0.15) is 38.5 Å². The lowest BCUT2D eigenvalue weighted by Crippen LogP contribution is -2.51. The molecular formula is C20H23NO6. The van der Waals surface area contributed by atoms with E-state index in [1.807, 2.05) is 0 Å². The summed E-state index contributed by atoms with van der Waals surface area (Å²) in [6, 6.07) is 5.45. The Morgan fingerprint density at radius 3 is 2.07 bits per heavy atom. The van der Waals surface area contributed by atoms with E-state index in [4.69, 9.17) is 9.47 Å². The Balaban J connectivity index is 1.26. The first-order chi connectivity index (χ1) is 12.9.